The van der Waals surface area contributed by atoms with Crippen LogP contribution in [0.15, 0.2) is 18.3 Å². The first-order valence-electron chi connectivity index (χ1n) is 12.6. The number of nitrogens with zero attached hydrogens (tertiary/aromatic N) is 4. The molecule has 8 nitrogen and oxygen atoms in total. The Morgan fingerprint density at radius 2 is 1.94 bits per heavy atom. The minimum absolute atomic E-state index is 0.00334. The molecule has 1 aromatic carbocycles. The van der Waals surface area contributed by atoms with E-state index in [1.165, 1.54) is 11.0 Å². The molecule has 188 valence electrons. The van der Waals surface area contributed by atoms with E-state index >= 15 is 4.39 Å². The van der Waals surface area contributed by atoms with E-state index in [9.17, 15) is 4.79 Å². The zero-order valence-electron chi connectivity index (χ0n) is 20.0. The molecular formula is C25H32ClFN6O2. The molecule has 2 heterocycles. The molecule has 0 atom stereocenters. The van der Waals surface area contributed by atoms with Gasteiger partial charge in [-0.25, -0.2) is 14.2 Å². The first kappa shape index (κ1) is 24.1. The van der Waals surface area contributed by atoms with Crippen molar-refractivity contribution in [1.29, 1.82) is 0 Å². The third-order valence-electron chi connectivity index (χ3n) is 7.23. The van der Waals surface area contributed by atoms with Gasteiger partial charge in [-0.05, 0) is 57.6 Å². The van der Waals surface area contributed by atoms with Gasteiger partial charge in [0.05, 0.1) is 18.2 Å². The van der Waals surface area contributed by atoms with E-state index in [4.69, 9.17) is 27.1 Å². The number of nitrogens with two attached hydrogens (primary N) is 1. The number of hydrogen-bond donors (Lipinski definition) is 2. The van der Waals surface area contributed by atoms with Gasteiger partial charge in [-0.1, -0.05) is 24.4 Å². The maximum atomic E-state index is 15.4. The van der Waals surface area contributed by atoms with E-state index in [1.807, 2.05) is 0 Å². The molecule has 35 heavy (non-hydrogen) atoms. The van der Waals surface area contributed by atoms with Crippen LogP contribution in [0, 0.1) is 5.82 Å². The number of carbonyl (C=O) groups excluding carboxylic acids is 1. The zero-order valence-corrected chi connectivity index (χ0v) is 20.7. The van der Waals surface area contributed by atoms with Crippen LogP contribution >= 0.6 is 11.6 Å². The van der Waals surface area contributed by atoms with Crippen molar-refractivity contribution in [1.82, 2.24) is 9.97 Å². The molecule has 1 aliphatic heterocycles. The highest BCUT2D eigenvalue weighted by atomic mass is 35.5. The van der Waals surface area contributed by atoms with Gasteiger partial charge < -0.3 is 15.8 Å². The SMILES string of the molecule is CCOc1ccc(Cl)c(N2Cc3cnc(NC4CCC(N)CC4)nc3N(C3CCCC3)C2=O)c1F. The molecule has 0 saturated heterocycles. The first-order chi connectivity index (χ1) is 17.0. The molecule has 1 aromatic heterocycles. The first-order valence-corrected chi connectivity index (χ1v) is 12.9. The Morgan fingerprint density at radius 1 is 1.20 bits per heavy atom. The summed E-state index contributed by atoms with van der Waals surface area (Å²) in [5.41, 5.74) is 6.82. The third-order valence-corrected chi connectivity index (χ3v) is 7.54. The molecule has 2 aromatic rings. The van der Waals surface area contributed by atoms with Crippen molar-refractivity contribution >= 4 is 35.1 Å². The number of ether oxygens (including phenoxy) is 1. The fraction of sp³-hybridized carbons (Fsp3) is 0.560. The molecule has 3 aliphatic rings. The fourth-order valence-electron chi connectivity index (χ4n) is 5.40. The molecule has 0 bridgehead atoms. The van der Waals surface area contributed by atoms with Gasteiger partial charge >= 0.3 is 6.03 Å². The van der Waals surface area contributed by atoms with E-state index in [2.05, 4.69) is 10.3 Å². The predicted molar refractivity (Wildman–Crippen MR) is 135 cm³/mol. The van der Waals surface area contributed by atoms with Crippen LogP contribution in [0.25, 0.3) is 0 Å². The van der Waals surface area contributed by atoms with Crippen molar-refractivity contribution in [3.63, 3.8) is 0 Å². The molecule has 0 unspecified atom stereocenters. The number of carbonyl (C=O) groups is 1. The summed E-state index contributed by atoms with van der Waals surface area (Å²) in [5.74, 6) is 0.537. The number of urea groups is 1. The summed E-state index contributed by atoms with van der Waals surface area (Å²) in [7, 11) is 0. The number of benzene rings is 1. The average Bonchev–Trinajstić information content (AvgIpc) is 3.37. The van der Waals surface area contributed by atoms with Gasteiger partial charge in [-0.2, -0.15) is 4.98 Å². The van der Waals surface area contributed by atoms with Crippen molar-refractivity contribution in [3.05, 3.63) is 34.7 Å². The Kier molecular flexibility index (Phi) is 6.98. The van der Waals surface area contributed by atoms with Gasteiger partial charge in [-0.3, -0.25) is 9.80 Å². The topological polar surface area (TPSA) is 96.6 Å². The fourth-order valence-corrected chi connectivity index (χ4v) is 5.64. The zero-order chi connectivity index (χ0) is 24.5. The van der Waals surface area contributed by atoms with Gasteiger partial charge in [0.1, 0.15) is 11.5 Å². The van der Waals surface area contributed by atoms with Gasteiger partial charge in [0.25, 0.3) is 0 Å². The van der Waals surface area contributed by atoms with Crippen LogP contribution in [0.2, 0.25) is 5.02 Å². The van der Waals surface area contributed by atoms with Gasteiger partial charge in [-0.15, -0.1) is 0 Å². The maximum absolute atomic E-state index is 15.4. The van der Waals surface area contributed by atoms with Crippen molar-refractivity contribution in [2.75, 3.05) is 21.7 Å². The highest BCUT2D eigenvalue weighted by Crippen LogP contribution is 2.41. The molecule has 3 N–H and O–H groups in total. The van der Waals surface area contributed by atoms with Crippen LogP contribution in [0.5, 0.6) is 5.75 Å². The quantitative estimate of drug-likeness (QED) is 0.560. The second kappa shape index (κ2) is 10.1. The summed E-state index contributed by atoms with van der Waals surface area (Å²) in [5, 5.41) is 3.59. The normalized spacial score (nSPS) is 22.9. The van der Waals surface area contributed by atoms with Crippen molar-refractivity contribution < 1.29 is 13.9 Å². The van der Waals surface area contributed by atoms with Crippen LogP contribution < -0.4 is 25.6 Å². The predicted octanol–water partition coefficient (Wildman–Crippen LogP) is 5.24. The lowest BCUT2D eigenvalue weighted by Gasteiger charge is -2.39. The average molecular weight is 503 g/mol. The third kappa shape index (κ3) is 4.76. The lowest BCUT2D eigenvalue weighted by atomic mass is 9.92. The van der Waals surface area contributed by atoms with Crippen molar-refractivity contribution in [3.8, 4) is 5.75 Å². The van der Waals surface area contributed by atoms with E-state index < -0.39 is 5.82 Å². The van der Waals surface area contributed by atoms with Crippen molar-refractivity contribution in [2.24, 2.45) is 5.73 Å². The van der Waals surface area contributed by atoms with E-state index in [1.54, 1.807) is 24.1 Å². The van der Waals surface area contributed by atoms with Gasteiger partial charge in [0.15, 0.2) is 11.6 Å². The standard InChI is InChI=1S/C25H32ClFN6O2/c1-2-35-20-12-11-19(26)22(21(20)27)32-14-15-13-29-24(30-17-9-7-16(28)8-10-17)31-23(15)33(25(32)34)18-5-3-4-6-18/h11-13,16-18H,2-10,14,28H2,1H3,(H,29,30,31). The molecule has 0 radical (unpaired) electrons. The van der Waals surface area contributed by atoms with Gasteiger partial charge in [0, 0.05) is 29.9 Å². The van der Waals surface area contributed by atoms with Gasteiger partial charge in [0.2, 0.25) is 5.95 Å². The van der Waals surface area contributed by atoms with Crippen LogP contribution in [0.1, 0.15) is 63.9 Å². The Labute approximate surface area is 210 Å². The summed E-state index contributed by atoms with van der Waals surface area (Å²) < 4.78 is 20.9. The highest BCUT2D eigenvalue weighted by molar-refractivity contribution is 6.34. The van der Waals surface area contributed by atoms with Crippen LogP contribution in [0.3, 0.4) is 0 Å². The molecule has 2 fully saturated rings. The number of nitrogens with one attached hydrogen (secondary N) is 1. The van der Waals surface area contributed by atoms with E-state index in [-0.39, 0.29) is 47.2 Å². The monoisotopic (exact) mass is 502 g/mol. The maximum Gasteiger partial charge on any atom is 0.330 e. The summed E-state index contributed by atoms with van der Waals surface area (Å²) >= 11 is 6.42. The number of aromatic nitrogens is 2. The second-order valence-electron chi connectivity index (χ2n) is 9.62. The van der Waals surface area contributed by atoms with Crippen LogP contribution in [0.4, 0.5) is 26.6 Å². The van der Waals surface area contributed by atoms with Crippen LogP contribution in [-0.2, 0) is 6.54 Å². The van der Waals surface area contributed by atoms with E-state index in [0.29, 0.717) is 18.4 Å². The Balaban J connectivity index is 1.50. The van der Waals surface area contributed by atoms with Crippen molar-refractivity contribution in [2.45, 2.75) is 83.0 Å². The molecular weight excluding hydrogens is 471 g/mol. The molecule has 2 amide bonds. The Bertz CT molecular complexity index is 1090. The molecule has 10 heteroatoms. The highest BCUT2D eigenvalue weighted by Gasteiger charge is 2.40. The largest absolute Gasteiger partial charge is 0.491 e. The number of fused-ring (bicyclic) bond motifs is 1. The summed E-state index contributed by atoms with van der Waals surface area (Å²) in [6.45, 7) is 2.21. The minimum Gasteiger partial charge on any atom is -0.491 e. The lowest BCUT2D eigenvalue weighted by molar-refractivity contribution is 0.247. The molecule has 5 rings (SSSR count). The lowest BCUT2D eigenvalue weighted by Crippen LogP contribution is -2.52. The van der Waals surface area contributed by atoms with Crippen LogP contribution in [-0.4, -0.2) is 40.7 Å². The summed E-state index contributed by atoms with van der Waals surface area (Å²) in [6, 6.07) is 3.24. The smallest absolute Gasteiger partial charge is 0.330 e. The molecule has 2 saturated carbocycles. The number of anilines is 3. The number of hydrogen-bond acceptors (Lipinski definition) is 6. The number of amides is 2. The molecule has 2 aliphatic carbocycles. The second-order valence-corrected chi connectivity index (χ2v) is 10.0. The Morgan fingerprint density at radius 3 is 2.66 bits per heavy atom. The molecule has 0 spiro atoms. The van der Waals surface area contributed by atoms with E-state index in [0.717, 1.165) is 56.9 Å². The number of rotatable bonds is 6. The summed E-state index contributed by atoms with van der Waals surface area (Å²) in [6.07, 6.45) is 9.44. The Hall–Kier alpha value is -2.65. The minimum atomic E-state index is -0.641. The summed E-state index contributed by atoms with van der Waals surface area (Å²) in [4.78, 5) is 26.3. The number of halogens is 2.